The second kappa shape index (κ2) is 7.60. The van der Waals surface area contributed by atoms with E-state index in [-0.39, 0.29) is 17.4 Å². The van der Waals surface area contributed by atoms with Gasteiger partial charge in [-0.25, -0.2) is 0 Å². The van der Waals surface area contributed by atoms with E-state index >= 15 is 0 Å². The molecule has 1 rings (SSSR count). The second-order valence-electron chi connectivity index (χ2n) is 7.12. The molecular weight excluding hydrogens is 260 g/mol. The van der Waals surface area contributed by atoms with Crippen LogP contribution in [0.15, 0.2) is 24.3 Å². The molecule has 1 aromatic carbocycles. The highest BCUT2D eigenvalue weighted by molar-refractivity contribution is 5.81. The fourth-order valence-corrected chi connectivity index (χ4v) is 2.29. The highest BCUT2D eigenvalue weighted by Gasteiger charge is 2.18. The maximum atomic E-state index is 11.9. The quantitative estimate of drug-likeness (QED) is 0.844. The van der Waals surface area contributed by atoms with Crippen molar-refractivity contribution in [3.8, 4) is 0 Å². The topological polar surface area (TPSA) is 41.1 Å². The van der Waals surface area contributed by atoms with Crippen LogP contribution in [0.1, 0.15) is 52.2 Å². The number of carbonyl (C=O) groups excluding carboxylic acids is 1. The summed E-state index contributed by atoms with van der Waals surface area (Å²) in [4.78, 5) is 11.9. The van der Waals surface area contributed by atoms with Crippen LogP contribution in [0.25, 0.3) is 0 Å². The molecule has 3 nitrogen and oxygen atoms in total. The van der Waals surface area contributed by atoms with Crippen LogP contribution < -0.4 is 10.6 Å². The number of amides is 1. The summed E-state index contributed by atoms with van der Waals surface area (Å²) in [6, 6.07) is 8.51. The number of carbonyl (C=O) groups is 1. The highest BCUT2D eigenvalue weighted by atomic mass is 16.2. The maximum absolute atomic E-state index is 11.9. The first-order valence-corrected chi connectivity index (χ1v) is 7.78. The molecule has 1 atom stereocenters. The number of benzene rings is 1. The molecule has 0 radical (unpaired) electrons. The number of hydrogen-bond donors (Lipinski definition) is 2. The lowest BCUT2D eigenvalue weighted by atomic mass is 9.87. The normalized spacial score (nSPS) is 13.3. The molecule has 1 amide bonds. The van der Waals surface area contributed by atoms with E-state index < -0.39 is 0 Å². The van der Waals surface area contributed by atoms with Crippen molar-refractivity contribution in [1.29, 1.82) is 0 Å². The third kappa shape index (κ3) is 5.88. The lowest BCUT2D eigenvalue weighted by Crippen LogP contribution is -2.43. The Morgan fingerprint density at radius 3 is 2.14 bits per heavy atom. The molecule has 0 bridgehead atoms. The van der Waals surface area contributed by atoms with Gasteiger partial charge >= 0.3 is 0 Å². The minimum atomic E-state index is -0.128. The smallest absolute Gasteiger partial charge is 0.236 e. The largest absolute Gasteiger partial charge is 0.358 e. The molecule has 0 aromatic heterocycles. The molecule has 0 saturated heterocycles. The van der Waals surface area contributed by atoms with Gasteiger partial charge in [0.15, 0.2) is 0 Å². The van der Waals surface area contributed by atoms with Crippen molar-refractivity contribution >= 4 is 5.91 Å². The van der Waals surface area contributed by atoms with Gasteiger partial charge in [-0.15, -0.1) is 0 Å². The number of likely N-dealkylation sites (N-methyl/N-ethyl adjacent to an activating group) is 1. The Morgan fingerprint density at radius 2 is 1.71 bits per heavy atom. The average molecular weight is 290 g/mol. The number of hydrogen-bond acceptors (Lipinski definition) is 2. The van der Waals surface area contributed by atoms with Crippen molar-refractivity contribution in [3.05, 3.63) is 35.4 Å². The molecule has 1 aromatic rings. The SMILES string of the molecule is CNC(=O)C(CC(C)C)NCc1ccc(C(C)(C)C)cc1. The van der Waals surface area contributed by atoms with E-state index in [1.807, 2.05) is 0 Å². The fourth-order valence-electron chi connectivity index (χ4n) is 2.29. The first kappa shape index (κ1) is 17.7. The molecule has 2 N–H and O–H groups in total. The zero-order valence-corrected chi connectivity index (χ0v) is 14.3. The Hall–Kier alpha value is -1.35. The molecule has 0 saturated carbocycles. The molecule has 0 aliphatic carbocycles. The van der Waals surface area contributed by atoms with E-state index in [9.17, 15) is 4.79 Å². The Kier molecular flexibility index (Phi) is 6.41. The van der Waals surface area contributed by atoms with Crippen LogP contribution >= 0.6 is 0 Å². The maximum Gasteiger partial charge on any atom is 0.236 e. The lowest BCUT2D eigenvalue weighted by Gasteiger charge is -2.21. The van der Waals surface area contributed by atoms with Gasteiger partial charge < -0.3 is 10.6 Å². The standard InChI is InChI=1S/C18H30N2O/c1-13(2)11-16(17(21)19-6)20-12-14-7-9-15(10-8-14)18(3,4)5/h7-10,13,16,20H,11-12H2,1-6H3,(H,19,21). The van der Waals surface area contributed by atoms with E-state index in [4.69, 9.17) is 0 Å². The van der Waals surface area contributed by atoms with Crippen LogP contribution in [0.3, 0.4) is 0 Å². The average Bonchev–Trinajstić information content (AvgIpc) is 2.41. The van der Waals surface area contributed by atoms with Gasteiger partial charge in [0.25, 0.3) is 0 Å². The first-order valence-electron chi connectivity index (χ1n) is 7.78. The van der Waals surface area contributed by atoms with Crippen molar-refractivity contribution in [1.82, 2.24) is 10.6 Å². The minimum absolute atomic E-state index is 0.0648. The molecule has 3 heteroatoms. The minimum Gasteiger partial charge on any atom is -0.358 e. The van der Waals surface area contributed by atoms with E-state index in [1.165, 1.54) is 11.1 Å². The Bertz CT molecular complexity index is 443. The van der Waals surface area contributed by atoms with E-state index in [2.05, 4.69) is 69.5 Å². The second-order valence-corrected chi connectivity index (χ2v) is 7.12. The van der Waals surface area contributed by atoms with Gasteiger partial charge in [-0.1, -0.05) is 58.9 Å². The zero-order valence-electron chi connectivity index (χ0n) is 14.3. The summed E-state index contributed by atoms with van der Waals surface area (Å²) >= 11 is 0. The summed E-state index contributed by atoms with van der Waals surface area (Å²) in [5.41, 5.74) is 2.71. The molecule has 118 valence electrons. The Morgan fingerprint density at radius 1 is 1.14 bits per heavy atom. The van der Waals surface area contributed by atoms with Gasteiger partial charge in [-0.05, 0) is 28.9 Å². The van der Waals surface area contributed by atoms with Gasteiger partial charge in [-0.3, -0.25) is 4.79 Å². The Labute approximate surface area is 129 Å². The van der Waals surface area contributed by atoms with Crippen LogP contribution in [-0.4, -0.2) is 19.0 Å². The monoisotopic (exact) mass is 290 g/mol. The van der Waals surface area contributed by atoms with E-state index in [0.717, 1.165) is 13.0 Å². The van der Waals surface area contributed by atoms with Gasteiger partial charge in [0.05, 0.1) is 6.04 Å². The molecule has 21 heavy (non-hydrogen) atoms. The van der Waals surface area contributed by atoms with Gasteiger partial charge in [-0.2, -0.15) is 0 Å². The molecule has 0 aliphatic rings. The van der Waals surface area contributed by atoms with Crippen molar-refractivity contribution in [3.63, 3.8) is 0 Å². The predicted molar refractivity (Wildman–Crippen MR) is 89.3 cm³/mol. The van der Waals surface area contributed by atoms with Crippen LogP contribution in [0.2, 0.25) is 0 Å². The van der Waals surface area contributed by atoms with Crippen molar-refractivity contribution in [2.75, 3.05) is 7.05 Å². The fraction of sp³-hybridized carbons (Fsp3) is 0.611. The number of rotatable bonds is 6. The lowest BCUT2D eigenvalue weighted by molar-refractivity contribution is -0.123. The summed E-state index contributed by atoms with van der Waals surface area (Å²) in [6.07, 6.45) is 0.847. The zero-order chi connectivity index (χ0) is 16.0. The van der Waals surface area contributed by atoms with Gasteiger partial charge in [0, 0.05) is 13.6 Å². The Balaban J connectivity index is 2.65. The van der Waals surface area contributed by atoms with Crippen LogP contribution in [0, 0.1) is 5.92 Å². The molecule has 0 aliphatic heterocycles. The summed E-state index contributed by atoms with van der Waals surface area (Å²) in [5, 5.41) is 6.10. The summed E-state index contributed by atoms with van der Waals surface area (Å²) < 4.78 is 0. The molecule has 0 fully saturated rings. The third-order valence-electron chi connectivity index (χ3n) is 3.64. The predicted octanol–water partition coefficient (Wildman–Crippen LogP) is 3.23. The first-order chi connectivity index (χ1) is 9.74. The van der Waals surface area contributed by atoms with Crippen LogP contribution in [0.4, 0.5) is 0 Å². The highest BCUT2D eigenvalue weighted by Crippen LogP contribution is 2.22. The van der Waals surface area contributed by atoms with Crippen LogP contribution in [-0.2, 0) is 16.8 Å². The molecule has 0 heterocycles. The summed E-state index contributed by atoms with van der Waals surface area (Å²) in [6.45, 7) is 11.6. The summed E-state index contributed by atoms with van der Waals surface area (Å²) in [5.74, 6) is 0.554. The third-order valence-corrected chi connectivity index (χ3v) is 3.64. The van der Waals surface area contributed by atoms with E-state index in [1.54, 1.807) is 7.05 Å². The van der Waals surface area contributed by atoms with Crippen molar-refractivity contribution in [2.24, 2.45) is 5.92 Å². The van der Waals surface area contributed by atoms with Gasteiger partial charge in [0.2, 0.25) is 5.91 Å². The van der Waals surface area contributed by atoms with Crippen molar-refractivity contribution in [2.45, 2.75) is 59.0 Å². The van der Waals surface area contributed by atoms with Crippen molar-refractivity contribution < 1.29 is 4.79 Å². The summed E-state index contributed by atoms with van der Waals surface area (Å²) in [7, 11) is 1.69. The van der Waals surface area contributed by atoms with Crippen LogP contribution in [0.5, 0.6) is 0 Å². The van der Waals surface area contributed by atoms with E-state index in [0.29, 0.717) is 5.92 Å². The molecular formula is C18H30N2O. The number of nitrogens with one attached hydrogen (secondary N) is 2. The molecule has 1 unspecified atom stereocenters. The van der Waals surface area contributed by atoms with Gasteiger partial charge in [0.1, 0.15) is 0 Å². The molecule has 0 spiro atoms.